The summed E-state index contributed by atoms with van der Waals surface area (Å²) in [4.78, 5) is 25.6. The number of amides is 2. The Bertz CT molecular complexity index is 1110. The Morgan fingerprint density at radius 1 is 1.16 bits per heavy atom. The van der Waals surface area contributed by atoms with Crippen molar-refractivity contribution in [2.75, 3.05) is 20.4 Å². The minimum absolute atomic E-state index is 0.219. The van der Waals surface area contributed by atoms with Crippen molar-refractivity contribution in [1.29, 1.82) is 0 Å². The van der Waals surface area contributed by atoms with Crippen molar-refractivity contribution < 1.29 is 28.5 Å². The first kappa shape index (κ1) is 21.8. The number of likely N-dealkylation sites (N-methyl/N-ethyl adjacent to an activating group) is 1. The second-order valence-electron chi connectivity index (χ2n) is 7.15. The summed E-state index contributed by atoms with van der Waals surface area (Å²) in [5.41, 5.74) is 2.55. The topological polar surface area (TPSA) is 74.3 Å². The van der Waals surface area contributed by atoms with Gasteiger partial charge in [0.25, 0.3) is 11.1 Å². The van der Waals surface area contributed by atoms with Crippen LogP contribution >= 0.6 is 11.8 Å². The lowest BCUT2D eigenvalue weighted by Crippen LogP contribution is -2.22. The number of carbonyl (C=O) groups is 2. The van der Waals surface area contributed by atoms with Gasteiger partial charge in [0.2, 0.25) is 6.79 Å². The number of rotatable bonds is 8. The Labute approximate surface area is 190 Å². The molecule has 0 aliphatic carbocycles. The standard InChI is InChI=1S/C24H23NO6S/c1-4-6-17-9-16(12-21-23(26)25(3)24(27)32-21)11-20(28-5-2)22(17)29-13-15-7-8-18-19(10-15)31-14-30-18/h4,7-12H,1,5-6,13-14H2,2-3H3/b21-12-. The minimum atomic E-state index is -0.314. The van der Waals surface area contributed by atoms with Gasteiger partial charge >= 0.3 is 0 Å². The Kier molecular flexibility index (Phi) is 6.41. The van der Waals surface area contributed by atoms with Crippen LogP contribution in [0.1, 0.15) is 23.6 Å². The van der Waals surface area contributed by atoms with Crippen molar-refractivity contribution in [3.05, 3.63) is 64.6 Å². The monoisotopic (exact) mass is 453 g/mol. The predicted molar refractivity (Wildman–Crippen MR) is 122 cm³/mol. The van der Waals surface area contributed by atoms with E-state index in [1.54, 1.807) is 12.2 Å². The maximum Gasteiger partial charge on any atom is 0.293 e. The number of nitrogens with zero attached hydrogens (tertiary/aromatic N) is 1. The molecule has 7 nitrogen and oxygen atoms in total. The van der Waals surface area contributed by atoms with Crippen molar-refractivity contribution in [2.45, 2.75) is 20.0 Å². The zero-order chi connectivity index (χ0) is 22.7. The summed E-state index contributed by atoms with van der Waals surface area (Å²) < 4.78 is 22.8. The van der Waals surface area contributed by atoms with Crippen molar-refractivity contribution in [3.63, 3.8) is 0 Å². The van der Waals surface area contributed by atoms with E-state index in [0.717, 1.165) is 39.1 Å². The Morgan fingerprint density at radius 3 is 2.69 bits per heavy atom. The zero-order valence-corrected chi connectivity index (χ0v) is 18.7. The highest BCUT2D eigenvalue weighted by molar-refractivity contribution is 8.18. The summed E-state index contributed by atoms with van der Waals surface area (Å²) in [5.74, 6) is 2.28. The molecule has 2 aromatic rings. The lowest BCUT2D eigenvalue weighted by molar-refractivity contribution is -0.121. The second kappa shape index (κ2) is 9.40. The van der Waals surface area contributed by atoms with Gasteiger partial charge < -0.3 is 18.9 Å². The summed E-state index contributed by atoms with van der Waals surface area (Å²) in [6, 6.07) is 9.41. The molecule has 1 saturated heterocycles. The predicted octanol–water partition coefficient (Wildman–Crippen LogP) is 4.79. The lowest BCUT2D eigenvalue weighted by atomic mass is 10.0. The van der Waals surface area contributed by atoms with Gasteiger partial charge in [0.05, 0.1) is 11.5 Å². The van der Waals surface area contributed by atoms with Crippen LogP contribution in [0, 0.1) is 0 Å². The number of thioether (sulfide) groups is 1. The molecule has 0 saturated carbocycles. The fraction of sp³-hybridized carbons (Fsp3) is 0.250. The van der Waals surface area contributed by atoms with Gasteiger partial charge in [0, 0.05) is 12.6 Å². The van der Waals surface area contributed by atoms with E-state index < -0.39 is 0 Å². The summed E-state index contributed by atoms with van der Waals surface area (Å²) >= 11 is 0.921. The molecule has 0 N–H and O–H groups in total. The molecule has 2 aliphatic heterocycles. The molecule has 0 radical (unpaired) electrons. The van der Waals surface area contributed by atoms with Gasteiger partial charge in [-0.05, 0) is 66.6 Å². The Hall–Kier alpha value is -3.39. The van der Waals surface area contributed by atoms with E-state index in [2.05, 4.69) is 6.58 Å². The summed E-state index contributed by atoms with van der Waals surface area (Å²) in [6.07, 6.45) is 4.03. The first-order valence-corrected chi connectivity index (χ1v) is 10.9. The quantitative estimate of drug-likeness (QED) is 0.420. The highest BCUT2D eigenvalue weighted by Gasteiger charge is 2.32. The number of carbonyl (C=O) groups excluding carboxylic acids is 2. The average Bonchev–Trinajstić information content (AvgIpc) is 3.33. The molecule has 32 heavy (non-hydrogen) atoms. The third kappa shape index (κ3) is 4.45. The molecule has 8 heteroatoms. The van der Waals surface area contributed by atoms with Crippen LogP contribution in [0.2, 0.25) is 0 Å². The minimum Gasteiger partial charge on any atom is -0.490 e. The van der Waals surface area contributed by atoms with E-state index in [-0.39, 0.29) is 17.9 Å². The lowest BCUT2D eigenvalue weighted by Gasteiger charge is -2.17. The Morgan fingerprint density at radius 2 is 1.97 bits per heavy atom. The zero-order valence-electron chi connectivity index (χ0n) is 17.9. The highest BCUT2D eigenvalue weighted by Crippen LogP contribution is 2.38. The molecule has 2 heterocycles. The fourth-order valence-electron chi connectivity index (χ4n) is 3.38. The van der Waals surface area contributed by atoms with Gasteiger partial charge in [-0.1, -0.05) is 12.1 Å². The number of allylic oxidation sites excluding steroid dienone is 1. The van der Waals surface area contributed by atoms with Crippen LogP contribution in [0.15, 0.2) is 47.9 Å². The SMILES string of the molecule is C=CCc1cc(/C=C2\SC(=O)N(C)C2=O)cc(OCC)c1OCc1ccc2c(c1)OCO2. The van der Waals surface area contributed by atoms with Gasteiger partial charge in [0.15, 0.2) is 23.0 Å². The molecule has 1 fully saturated rings. The number of hydrogen-bond acceptors (Lipinski definition) is 7. The maximum atomic E-state index is 12.3. The van der Waals surface area contributed by atoms with Crippen LogP contribution in [0.5, 0.6) is 23.0 Å². The summed E-state index contributed by atoms with van der Waals surface area (Å²) in [5, 5.41) is -0.290. The van der Waals surface area contributed by atoms with E-state index in [1.165, 1.54) is 7.05 Å². The summed E-state index contributed by atoms with van der Waals surface area (Å²) in [7, 11) is 1.47. The number of imide groups is 1. The largest absolute Gasteiger partial charge is 0.490 e. The van der Waals surface area contributed by atoms with E-state index in [4.69, 9.17) is 18.9 Å². The molecular formula is C24H23NO6S. The van der Waals surface area contributed by atoms with Crippen LogP contribution in [-0.4, -0.2) is 36.5 Å². The molecule has 0 unspecified atom stereocenters. The fourth-order valence-corrected chi connectivity index (χ4v) is 4.21. The average molecular weight is 454 g/mol. The van der Waals surface area contributed by atoms with E-state index in [0.29, 0.717) is 41.8 Å². The first-order valence-electron chi connectivity index (χ1n) is 10.1. The maximum absolute atomic E-state index is 12.3. The third-order valence-electron chi connectivity index (χ3n) is 4.92. The molecule has 0 spiro atoms. The summed E-state index contributed by atoms with van der Waals surface area (Å²) in [6.45, 7) is 6.72. The van der Waals surface area contributed by atoms with Crippen LogP contribution < -0.4 is 18.9 Å². The molecule has 4 rings (SSSR count). The van der Waals surface area contributed by atoms with Gasteiger partial charge in [-0.3, -0.25) is 14.5 Å². The molecule has 0 bridgehead atoms. The van der Waals surface area contributed by atoms with E-state index in [1.807, 2.05) is 37.3 Å². The van der Waals surface area contributed by atoms with Crippen LogP contribution in [0.3, 0.4) is 0 Å². The molecule has 2 amide bonds. The van der Waals surface area contributed by atoms with Gasteiger partial charge in [-0.2, -0.15) is 0 Å². The van der Waals surface area contributed by atoms with Crippen molar-refractivity contribution >= 4 is 29.0 Å². The van der Waals surface area contributed by atoms with Crippen molar-refractivity contribution in [2.24, 2.45) is 0 Å². The number of ether oxygens (including phenoxy) is 4. The first-order chi connectivity index (χ1) is 15.5. The van der Waals surface area contributed by atoms with E-state index in [9.17, 15) is 9.59 Å². The van der Waals surface area contributed by atoms with Gasteiger partial charge in [-0.25, -0.2) is 0 Å². The van der Waals surface area contributed by atoms with Gasteiger partial charge in [0.1, 0.15) is 6.61 Å². The highest BCUT2D eigenvalue weighted by atomic mass is 32.2. The van der Waals surface area contributed by atoms with E-state index >= 15 is 0 Å². The normalized spacial score (nSPS) is 16.1. The van der Waals surface area contributed by atoms with Crippen LogP contribution in [-0.2, 0) is 17.8 Å². The van der Waals surface area contributed by atoms with Crippen molar-refractivity contribution in [3.8, 4) is 23.0 Å². The smallest absolute Gasteiger partial charge is 0.293 e. The molecule has 2 aromatic carbocycles. The number of fused-ring (bicyclic) bond motifs is 1. The third-order valence-corrected chi connectivity index (χ3v) is 5.88. The number of benzene rings is 2. The van der Waals surface area contributed by atoms with Gasteiger partial charge in [-0.15, -0.1) is 6.58 Å². The number of hydrogen-bond donors (Lipinski definition) is 0. The Balaban J connectivity index is 1.64. The molecule has 0 aromatic heterocycles. The molecular weight excluding hydrogens is 430 g/mol. The molecule has 2 aliphatic rings. The molecule has 0 atom stereocenters. The molecule has 166 valence electrons. The van der Waals surface area contributed by atoms with Crippen LogP contribution in [0.4, 0.5) is 4.79 Å². The second-order valence-corrected chi connectivity index (χ2v) is 8.14. The van der Waals surface area contributed by atoms with Crippen molar-refractivity contribution in [1.82, 2.24) is 4.90 Å². The van der Waals surface area contributed by atoms with Crippen LogP contribution in [0.25, 0.3) is 6.08 Å².